The van der Waals surface area contributed by atoms with Gasteiger partial charge in [0.2, 0.25) is 0 Å². The van der Waals surface area contributed by atoms with Crippen molar-refractivity contribution in [3.8, 4) is 0 Å². The summed E-state index contributed by atoms with van der Waals surface area (Å²) in [6.07, 6.45) is 79.4. The van der Waals surface area contributed by atoms with Crippen LogP contribution in [0.4, 0.5) is 0 Å². The Morgan fingerprint density at radius 1 is 0.296 bits per heavy atom. The monoisotopic (exact) mass is 985 g/mol. The number of unbranched alkanes of at least 4 members (excludes halogenated alkanes) is 23. The molecule has 0 saturated heterocycles. The number of carbonyl (C=O) groups is 3. The fourth-order valence-electron chi connectivity index (χ4n) is 7.85. The highest BCUT2D eigenvalue weighted by atomic mass is 16.6. The van der Waals surface area contributed by atoms with Crippen LogP contribution in [0.15, 0.2) is 109 Å². The van der Waals surface area contributed by atoms with Crippen molar-refractivity contribution >= 4 is 17.9 Å². The van der Waals surface area contributed by atoms with Crippen molar-refractivity contribution in [1.29, 1.82) is 0 Å². The molecule has 0 radical (unpaired) electrons. The molecule has 0 heterocycles. The van der Waals surface area contributed by atoms with Gasteiger partial charge in [0.1, 0.15) is 13.2 Å². The van der Waals surface area contributed by atoms with E-state index in [9.17, 15) is 14.4 Å². The Hall–Kier alpha value is -3.93. The maximum atomic E-state index is 12.8. The molecule has 0 amide bonds. The molecule has 0 aromatic rings. The van der Waals surface area contributed by atoms with Crippen LogP contribution in [-0.2, 0) is 28.6 Å². The van der Waals surface area contributed by atoms with Crippen LogP contribution in [0.2, 0.25) is 0 Å². The number of esters is 3. The lowest BCUT2D eigenvalue weighted by molar-refractivity contribution is -0.166. The third kappa shape index (κ3) is 56.9. The van der Waals surface area contributed by atoms with Crippen LogP contribution in [0.1, 0.15) is 265 Å². The third-order valence-corrected chi connectivity index (χ3v) is 12.2. The first-order valence-electron chi connectivity index (χ1n) is 29.4. The molecule has 0 fully saturated rings. The lowest BCUT2D eigenvalue weighted by Gasteiger charge is -2.18. The summed E-state index contributed by atoms with van der Waals surface area (Å²) in [4.78, 5) is 38.2. The summed E-state index contributed by atoms with van der Waals surface area (Å²) in [7, 11) is 0. The van der Waals surface area contributed by atoms with Crippen molar-refractivity contribution in [3.63, 3.8) is 0 Å². The van der Waals surface area contributed by atoms with Crippen molar-refractivity contribution in [2.24, 2.45) is 0 Å². The first kappa shape index (κ1) is 67.1. The van der Waals surface area contributed by atoms with Crippen molar-refractivity contribution in [2.45, 2.75) is 271 Å². The maximum Gasteiger partial charge on any atom is 0.306 e. The topological polar surface area (TPSA) is 78.9 Å². The summed E-state index contributed by atoms with van der Waals surface area (Å²) in [5.41, 5.74) is 0. The van der Waals surface area contributed by atoms with Crippen molar-refractivity contribution in [1.82, 2.24) is 0 Å². The zero-order valence-corrected chi connectivity index (χ0v) is 46.2. The van der Waals surface area contributed by atoms with E-state index in [0.717, 1.165) is 83.5 Å². The van der Waals surface area contributed by atoms with Crippen molar-refractivity contribution in [2.75, 3.05) is 13.2 Å². The largest absolute Gasteiger partial charge is 0.462 e. The van der Waals surface area contributed by atoms with Gasteiger partial charge in [-0.25, -0.2) is 0 Å². The van der Waals surface area contributed by atoms with Gasteiger partial charge in [0.15, 0.2) is 6.10 Å². The average molecular weight is 986 g/mol. The molecular weight excluding hydrogens is 877 g/mol. The molecule has 0 aliphatic carbocycles. The Labute approximate surface area is 438 Å². The minimum atomic E-state index is -0.824. The Bertz CT molecular complexity index is 1460. The van der Waals surface area contributed by atoms with Gasteiger partial charge >= 0.3 is 17.9 Å². The normalized spacial score (nSPS) is 12.9. The highest BCUT2D eigenvalue weighted by Crippen LogP contribution is 2.14. The molecular formula is C65H108O6. The van der Waals surface area contributed by atoms with E-state index in [2.05, 4.69) is 124 Å². The predicted molar refractivity (Wildman–Crippen MR) is 307 cm³/mol. The number of allylic oxidation sites excluding steroid dienone is 18. The molecule has 0 aliphatic heterocycles. The van der Waals surface area contributed by atoms with Gasteiger partial charge in [-0.05, 0) is 116 Å². The fourth-order valence-corrected chi connectivity index (χ4v) is 7.85. The second-order valence-electron chi connectivity index (χ2n) is 19.2. The molecule has 0 unspecified atom stereocenters. The molecule has 0 saturated carbocycles. The van der Waals surface area contributed by atoms with E-state index in [0.29, 0.717) is 19.3 Å². The second kappa shape index (κ2) is 58.6. The molecule has 0 spiro atoms. The minimum absolute atomic E-state index is 0.113. The molecule has 0 bridgehead atoms. The van der Waals surface area contributed by atoms with Crippen LogP contribution in [0.3, 0.4) is 0 Å². The summed E-state index contributed by atoms with van der Waals surface area (Å²) in [6, 6.07) is 0. The molecule has 0 aliphatic rings. The Morgan fingerprint density at radius 2 is 0.577 bits per heavy atom. The molecule has 0 N–H and O–H groups in total. The van der Waals surface area contributed by atoms with Crippen molar-refractivity contribution in [3.05, 3.63) is 109 Å². The van der Waals surface area contributed by atoms with Gasteiger partial charge in [0.25, 0.3) is 0 Å². The maximum absolute atomic E-state index is 12.8. The van der Waals surface area contributed by atoms with Gasteiger partial charge in [-0.1, -0.05) is 239 Å². The molecule has 71 heavy (non-hydrogen) atoms. The number of carbonyl (C=O) groups excluding carboxylic acids is 3. The van der Waals surface area contributed by atoms with Gasteiger partial charge in [0.05, 0.1) is 0 Å². The zero-order chi connectivity index (χ0) is 51.4. The Balaban J connectivity index is 4.51. The standard InChI is InChI=1S/C65H108O6/c1-4-7-10-13-16-19-22-25-28-30-32-34-37-40-43-46-49-52-55-58-64(67)70-61-62(60-69-63(66)57-54-51-48-45-42-39-36-27-24-21-18-15-12-9-6-3)71-65(68)59-56-53-50-47-44-41-38-35-33-31-29-26-23-20-17-14-11-8-5-2/h8,11,16-17,19-21,24-26,28-29,33,35,41,44,50,53,62H,4-7,9-10,12-15,18,22-23,27,30-32,34,36-40,42-43,45-49,51-52,54-61H2,1-3H3/b11-8-,19-16-,20-17-,24-21-,28-25-,29-26-,35-33-,44-41-,53-50-/t62-/m0/s1. The average Bonchev–Trinajstić information content (AvgIpc) is 3.37. The minimum Gasteiger partial charge on any atom is -0.462 e. The molecule has 0 rings (SSSR count). The number of ether oxygens (including phenoxy) is 3. The summed E-state index contributed by atoms with van der Waals surface area (Å²) >= 11 is 0. The number of hydrogen-bond acceptors (Lipinski definition) is 6. The molecule has 0 aromatic carbocycles. The lowest BCUT2D eigenvalue weighted by atomic mass is 10.1. The van der Waals surface area contributed by atoms with Crippen LogP contribution >= 0.6 is 0 Å². The molecule has 404 valence electrons. The van der Waals surface area contributed by atoms with Crippen LogP contribution in [0.5, 0.6) is 0 Å². The van der Waals surface area contributed by atoms with Gasteiger partial charge in [-0.3, -0.25) is 14.4 Å². The van der Waals surface area contributed by atoms with E-state index in [1.807, 2.05) is 6.08 Å². The van der Waals surface area contributed by atoms with E-state index in [4.69, 9.17) is 14.2 Å². The smallest absolute Gasteiger partial charge is 0.306 e. The quantitative estimate of drug-likeness (QED) is 0.0261. The summed E-state index contributed by atoms with van der Waals surface area (Å²) in [6.45, 7) is 6.43. The zero-order valence-electron chi connectivity index (χ0n) is 46.2. The Kier molecular flexibility index (Phi) is 55.4. The fraction of sp³-hybridized carbons (Fsp3) is 0.677. The third-order valence-electron chi connectivity index (χ3n) is 12.2. The number of rotatable bonds is 52. The molecule has 1 atom stereocenters. The van der Waals surface area contributed by atoms with Gasteiger partial charge in [-0.15, -0.1) is 0 Å². The summed E-state index contributed by atoms with van der Waals surface area (Å²) < 4.78 is 16.8. The first-order chi connectivity index (χ1) is 35.0. The lowest BCUT2D eigenvalue weighted by Crippen LogP contribution is -2.30. The molecule has 6 heteroatoms. The number of hydrogen-bond donors (Lipinski definition) is 0. The van der Waals surface area contributed by atoms with Crippen LogP contribution in [0, 0.1) is 0 Å². The Morgan fingerprint density at radius 3 is 0.958 bits per heavy atom. The van der Waals surface area contributed by atoms with E-state index >= 15 is 0 Å². The second-order valence-corrected chi connectivity index (χ2v) is 19.2. The van der Waals surface area contributed by atoms with Gasteiger partial charge in [-0.2, -0.15) is 0 Å². The highest BCUT2D eigenvalue weighted by molar-refractivity contribution is 5.71. The van der Waals surface area contributed by atoms with E-state index in [1.165, 1.54) is 135 Å². The predicted octanol–water partition coefficient (Wildman–Crippen LogP) is 19.9. The SMILES string of the molecule is CC/C=C\C/C=C\C/C=C\C/C=C\C/C=C\C/C=C\CCC(=O)O[C@@H](COC(=O)CCCCCCCCC/C=C\CCCCCC)COC(=O)CCCCCCCCCCC/C=C\C/C=C\CCCCC. The van der Waals surface area contributed by atoms with Crippen LogP contribution in [0.25, 0.3) is 0 Å². The van der Waals surface area contributed by atoms with E-state index < -0.39 is 12.1 Å². The first-order valence-corrected chi connectivity index (χ1v) is 29.4. The van der Waals surface area contributed by atoms with Gasteiger partial charge in [0, 0.05) is 19.3 Å². The molecule has 0 aromatic heterocycles. The van der Waals surface area contributed by atoms with E-state index in [1.54, 1.807) is 0 Å². The van der Waals surface area contributed by atoms with E-state index in [-0.39, 0.29) is 31.6 Å². The van der Waals surface area contributed by atoms with Gasteiger partial charge < -0.3 is 14.2 Å². The van der Waals surface area contributed by atoms with Crippen molar-refractivity contribution < 1.29 is 28.6 Å². The summed E-state index contributed by atoms with van der Waals surface area (Å²) in [5, 5.41) is 0. The summed E-state index contributed by atoms with van der Waals surface area (Å²) in [5.74, 6) is -1.00. The molecule has 6 nitrogen and oxygen atoms in total. The van der Waals surface area contributed by atoms with Crippen LogP contribution < -0.4 is 0 Å². The highest BCUT2D eigenvalue weighted by Gasteiger charge is 2.19. The van der Waals surface area contributed by atoms with Crippen LogP contribution in [-0.4, -0.2) is 37.2 Å².